The van der Waals surface area contributed by atoms with Crippen LogP contribution in [0.1, 0.15) is 42.3 Å². The standard InChI is InChI=1S/C17H17N3O/c1-17(2,3)13-6-4-12(5-7-13)16(21)14-10-19-20-9-8-18-11-15(14)20/h4-11H,1-3H3. The maximum atomic E-state index is 12.6. The quantitative estimate of drug-likeness (QED) is 0.676. The van der Waals surface area contributed by atoms with E-state index in [-0.39, 0.29) is 11.2 Å². The predicted molar refractivity (Wildman–Crippen MR) is 81.6 cm³/mol. The second kappa shape index (κ2) is 4.81. The predicted octanol–water partition coefficient (Wildman–Crippen LogP) is 3.26. The van der Waals surface area contributed by atoms with E-state index in [1.807, 2.05) is 24.3 Å². The van der Waals surface area contributed by atoms with Crippen molar-refractivity contribution < 1.29 is 4.79 Å². The van der Waals surface area contributed by atoms with Crippen molar-refractivity contribution in [3.8, 4) is 0 Å². The van der Waals surface area contributed by atoms with Gasteiger partial charge in [-0.05, 0) is 11.0 Å². The molecular weight excluding hydrogens is 262 g/mol. The second-order valence-electron chi connectivity index (χ2n) is 6.12. The van der Waals surface area contributed by atoms with Crippen LogP contribution in [0.25, 0.3) is 5.52 Å². The topological polar surface area (TPSA) is 47.3 Å². The Balaban J connectivity index is 1.99. The number of rotatable bonds is 2. The van der Waals surface area contributed by atoms with E-state index in [9.17, 15) is 4.79 Å². The molecule has 0 bridgehead atoms. The Morgan fingerprint density at radius 2 is 1.81 bits per heavy atom. The van der Waals surface area contributed by atoms with Gasteiger partial charge in [-0.15, -0.1) is 0 Å². The highest BCUT2D eigenvalue weighted by molar-refractivity contribution is 6.12. The van der Waals surface area contributed by atoms with Gasteiger partial charge in [-0.3, -0.25) is 9.78 Å². The molecule has 3 rings (SSSR count). The molecule has 3 aromatic rings. The minimum atomic E-state index is -0.0292. The molecule has 0 radical (unpaired) electrons. The van der Waals surface area contributed by atoms with Gasteiger partial charge in [0.25, 0.3) is 0 Å². The lowest BCUT2D eigenvalue weighted by atomic mass is 9.86. The van der Waals surface area contributed by atoms with Crippen LogP contribution in [-0.2, 0) is 5.41 Å². The van der Waals surface area contributed by atoms with Gasteiger partial charge in [-0.2, -0.15) is 5.10 Å². The number of ketones is 1. The van der Waals surface area contributed by atoms with Gasteiger partial charge >= 0.3 is 0 Å². The Morgan fingerprint density at radius 1 is 1.10 bits per heavy atom. The number of carbonyl (C=O) groups is 1. The molecule has 0 N–H and O–H groups in total. The summed E-state index contributed by atoms with van der Waals surface area (Å²) < 4.78 is 1.66. The summed E-state index contributed by atoms with van der Waals surface area (Å²) in [5, 5.41) is 4.18. The molecule has 4 heteroatoms. The molecule has 106 valence electrons. The SMILES string of the molecule is CC(C)(C)c1ccc(C(=O)c2cnn3ccncc23)cc1. The average molecular weight is 279 g/mol. The van der Waals surface area contributed by atoms with Crippen LogP contribution in [0.5, 0.6) is 0 Å². The Morgan fingerprint density at radius 3 is 2.48 bits per heavy atom. The number of hydrogen-bond donors (Lipinski definition) is 0. The van der Waals surface area contributed by atoms with Crippen molar-refractivity contribution in [2.24, 2.45) is 0 Å². The fourth-order valence-corrected chi connectivity index (χ4v) is 2.29. The van der Waals surface area contributed by atoms with Gasteiger partial charge in [0.2, 0.25) is 0 Å². The Hall–Kier alpha value is -2.49. The van der Waals surface area contributed by atoms with E-state index in [2.05, 4.69) is 30.9 Å². The van der Waals surface area contributed by atoms with E-state index in [1.54, 1.807) is 29.3 Å². The van der Waals surface area contributed by atoms with E-state index in [0.29, 0.717) is 11.1 Å². The number of carbonyl (C=O) groups excluding carboxylic acids is 1. The smallest absolute Gasteiger partial charge is 0.196 e. The number of benzene rings is 1. The molecule has 0 aliphatic carbocycles. The lowest BCUT2D eigenvalue weighted by Gasteiger charge is -2.18. The summed E-state index contributed by atoms with van der Waals surface area (Å²) in [5.41, 5.74) is 3.26. The highest BCUT2D eigenvalue weighted by atomic mass is 16.1. The molecule has 1 aromatic carbocycles. The van der Waals surface area contributed by atoms with Gasteiger partial charge < -0.3 is 0 Å². The van der Waals surface area contributed by atoms with Crippen molar-refractivity contribution in [2.45, 2.75) is 26.2 Å². The molecule has 0 aliphatic rings. The van der Waals surface area contributed by atoms with Gasteiger partial charge in [0, 0.05) is 18.0 Å². The first-order chi connectivity index (χ1) is 9.97. The molecule has 4 nitrogen and oxygen atoms in total. The summed E-state index contributed by atoms with van der Waals surface area (Å²) in [6.45, 7) is 6.46. The number of fused-ring (bicyclic) bond motifs is 1. The zero-order valence-electron chi connectivity index (χ0n) is 12.4. The second-order valence-corrected chi connectivity index (χ2v) is 6.12. The van der Waals surface area contributed by atoms with E-state index in [4.69, 9.17) is 0 Å². The lowest BCUT2D eigenvalue weighted by Crippen LogP contribution is -2.11. The van der Waals surface area contributed by atoms with E-state index < -0.39 is 0 Å². The largest absolute Gasteiger partial charge is 0.288 e. The van der Waals surface area contributed by atoms with Crippen LogP contribution >= 0.6 is 0 Å². The lowest BCUT2D eigenvalue weighted by molar-refractivity contribution is 0.104. The fraction of sp³-hybridized carbons (Fsp3) is 0.235. The van der Waals surface area contributed by atoms with Gasteiger partial charge in [-0.1, -0.05) is 45.0 Å². The average Bonchev–Trinajstić information content (AvgIpc) is 2.90. The zero-order chi connectivity index (χ0) is 15.0. The van der Waals surface area contributed by atoms with Crippen molar-refractivity contribution in [2.75, 3.05) is 0 Å². The molecular formula is C17H17N3O. The molecule has 21 heavy (non-hydrogen) atoms. The normalized spacial score (nSPS) is 11.8. The number of hydrogen-bond acceptors (Lipinski definition) is 3. The Kier molecular flexibility index (Phi) is 3.09. The number of aromatic nitrogens is 3. The highest BCUT2D eigenvalue weighted by Crippen LogP contribution is 2.23. The maximum Gasteiger partial charge on any atom is 0.196 e. The van der Waals surface area contributed by atoms with Crippen LogP contribution in [0, 0.1) is 0 Å². The van der Waals surface area contributed by atoms with Crippen molar-refractivity contribution in [1.82, 2.24) is 14.6 Å². The third-order valence-electron chi connectivity index (χ3n) is 3.58. The van der Waals surface area contributed by atoms with Gasteiger partial charge in [0.1, 0.15) is 0 Å². The molecule has 0 fully saturated rings. The third kappa shape index (κ3) is 2.44. The van der Waals surface area contributed by atoms with Gasteiger partial charge in [0.15, 0.2) is 5.78 Å². The van der Waals surface area contributed by atoms with E-state index in [1.165, 1.54) is 5.56 Å². The van der Waals surface area contributed by atoms with Crippen molar-refractivity contribution >= 4 is 11.3 Å². The van der Waals surface area contributed by atoms with E-state index >= 15 is 0 Å². The zero-order valence-corrected chi connectivity index (χ0v) is 12.4. The van der Waals surface area contributed by atoms with Gasteiger partial charge in [-0.25, -0.2) is 4.52 Å². The summed E-state index contributed by atoms with van der Waals surface area (Å²) >= 11 is 0. The Labute approximate surface area is 123 Å². The molecule has 0 saturated heterocycles. The first kappa shape index (κ1) is 13.5. The van der Waals surface area contributed by atoms with Crippen LogP contribution in [0.3, 0.4) is 0 Å². The molecule has 0 aliphatic heterocycles. The number of nitrogens with zero attached hydrogens (tertiary/aromatic N) is 3. The maximum absolute atomic E-state index is 12.6. The monoisotopic (exact) mass is 279 g/mol. The molecule has 0 amide bonds. The molecule has 0 saturated carbocycles. The molecule has 2 heterocycles. The summed E-state index contributed by atoms with van der Waals surface area (Å²) in [7, 11) is 0. The highest BCUT2D eigenvalue weighted by Gasteiger charge is 2.17. The Bertz CT molecular complexity index is 795. The summed E-state index contributed by atoms with van der Waals surface area (Å²) in [6.07, 6.45) is 6.63. The van der Waals surface area contributed by atoms with E-state index in [0.717, 1.165) is 5.52 Å². The van der Waals surface area contributed by atoms with Crippen LogP contribution in [0.15, 0.2) is 49.1 Å². The van der Waals surface area contributed by atoms with Crippen LogP contribution in [-0.4, -0.2) is 20.4 Å². The first-order valence-corrected chi connectivity index (χ1v) is 6.89. The van der Waals surface area contributed by atoms with Gasteiger partial charge in [0.05, 0.1) is 23.5 Å². The van der Waals surface area contributed by atoms with Crippen LogP contribution in [0.4, 0.5) is 0 Å². The minimum Gasteiger partial charge on any atom is -0.288 e. The van der Waals surface area contributed by atoms with Crippen molar-refractivity contribution in [3.63, 3.8) is 0 Å². The van der Waals surface area contributed by atoms with Crippen LogP contribution in [0.2, 0.25) is 0 Å². The summed E-state index contributed by atoms with van der Waals surface area (Å²) in [5.74, 6) is -0.0292. The molecule has 0 atom stereocenters. The van der Waals surface area contributed by atoms with Crippen molar-refractivity contribution in [3.05, 3.63) is 65.7 Å². The summed E-state index contributed by atoms with van der Waals surface area (Å²) in [4.78, 5) is 16.7. The fourth-order valence-electron chi connectivity index (χ4n) is 2.29. The molecule has 2 aromatic heterocycles. The molecule has 0 unspecified atom stereocenters. The first-order valence-electron chi connectivity index (χ1n) is 6.89. The third-order valence-corrected chi connectivity index (χ3v) is 3.58. The van der Waals surface area contributed by atoms with Crippen LogP contribution < -0.4 is 0 Å². The van der Waals surface area contributed by atoms with Crippen molar-refractivity contribution in [1.29, 1.82) is 0 Å². The minimum absolute atomic E-state index is 0.0292. The molecule has 0 spiro atoms. The summed E-state index contributed by atoms with van der Waals surface area (Å²) in [6, 6.07) is 7.78.